The van der Waals surface area contributed by atoms with E-state index in [4.69, 9.17) is 5.11 Å². The monoisotopic (exact) mass is 274 g/mol. The minimum Gasteiger partial charge on any atom is -0.481 e. The molecule has 2 amide bonds. The lowest BCUT2D eigenvalue weighted by atomic mass is 9.96. The summed E-state index contributed by atoms with van der Waals surface area (Å²) in [5, 5.41) is 11.5. The van der Waals surface area contributed by atoms with E-state index in [1.165, 1.54) is 19.1 Å². The van der Waals surface area contributed by atoms with Crippen LogP contribution < -0.4 is 5.32 Å². The second-order valence-corrected chi connectivity index (χ2v) is 4.62. The van der Waals surface area contributed by atoms with Crippen molar-refractivity contribution >= 4 is 18.0 Å². The van der Waals surface area contributed by atoms with Crippen molar-refractivity contribution in [2.45, 2.75) is 20.3 Å². The molecule has 0 spiro atoms. The number of ether oxygens (including phenoxy) is 1. The van der Waals surface area contributed by atoms with Crippen molar-refractivity contribution in [1.82, 2.24) is 10.2 Å². The molecule has 0 radical (unpaired) electrons. The summed E-state index contributed by atoms with van der Waals surface area (Å²) in [6.45, 7) is 3.85. The second kappa shape index (κ2) is 8.34. The summed E-state index contributed by atoms with van der Waals surface area (Å²) >= 11 is 0. The van der Waals surface area contributed by atoms with E-state index in [1.807, 2.05) is 0 Å². The molecule has 110 valence electrons. The summed E-state index contributed by atoms with van der Waals surface area (Å²) in [6.07, 6.45) is 0.104. The standard InChI is InChI=1S/C12H22N2O5/c1-8(2)9(11(16)17)7-13-12(18)14(3)6-5-10(15)19-4/h8-9H,5-7H2,1-4H3,(H,13,18)(H,16,17). The summed E-state index contributed by atoms with van der Waals surface area (Å²) in [6, 6.07) is -0.407. The van der Waals surface area contributed by atoms with Crippen LogP contribution in [0.2, 0.25) is 0 Å². The van der Waals surface area contributed by atoms with Crippen molar-refractivity contribution in [1.29, 1.82) is 0 Å². The molecule has 0 fully saturated rings. The Labute approximate surface area is 112 Å². The third-order valence-electron chi connectivity index (χ3n) is 2.82. The fourth-order valence-corrected chi connectivity index (χ4v) is 1.40. The second-order valence-electron chi connectivity index (χ2n) is 4.62. The number of carboxylic acid groups (broad SMARTS) is 1. The molecule has 0 heterocycles. The number of urea groups is 1. The highest BCUT2D eigenvalue weighted by molar-refractivity contribution is 5.76. The number of aliphatic carboxylic acids is 1. The van der Waals surface area contributed by atoms with Gasteiger partial charge in [0.15, 0.2) is 0 Å². The third kappa shape index (κ3) is 6.64. The molecule has 0 saturated heterocycles. The Morgan fingerprint density at radius 1 is 1.32 bits per heavy atom. The molecule has 1 atom stereocenters. The lowest BCUT2D eigenvalue weighted by molar-refractivity contribution is -0.143. The number of carbonyl (C=O) groups is 3. The van der Waals surface area contributed by atoms with Crippen LogP contribution in [0.3, 0.4) is 0 Å². The van der Waals surface area contributed by atoms with Gasteiger partial charge in [-0.3, -0.25) is 9.59 Å². The normalized spacial score (nSPS) is 11.8. The Morgan fingerprint density at radius 2 is 1.89 bits per heavy atom. The van der Waals surface area contributed by atoms with Gasteiger partial charge in [-0.15, -0.1) is 0 Å². The molecule has 0 aromatic heterocycles. The van der Waals surface area contributed by atoms with Crippen LogP contribution in [-0.2, 0) is 14.3 Å². The molecule has 7 heteroatoms. The predicted octanol–water partition coefficient (Wildman–Crippen LogP) is 0.548. The van der Waals surface area contributed by atoms with Crippen LogP contribution in [0.4, 0.5) is 4.79 Å². The van der Waals surface area contributed by atoms with E-state index in [2.05, 4.69) is 10.1 Å². The first kappa shape index (κ1) is 17.2. The average molecular weight is 274 g/mol. The fraction of sp³-hybridized carbons (Fsp3) is 0.750. The highest BCUT2D eigenvalue weighted by Crippen LogP contribution is 2.09. The SMILES string of the molecule is COC(=O)CCN(C)C(=O)NCC(C(=O)O)C(C)C. The quantitative estimate of drug-likeness (QED) is 0.661. The molecule has 0 saturated carbocycles. The van der Waals surface area contributed by atoms with Gasteiger partial charge < -0.3 is 20.1 Å². The van der Waals surface area contributed by atoms with E-state index in [9.17, 15) is 14.4 Å². The molecule has 0 aliphatic heterocycles. The van der Waals surface area contributed by atoms with Gasteiger partial charge in [0.25, 0.3) is 0 Å². The first-order valence-electron chi connectivity index (χ1n) is 6.08. The minimum absolute atomic E-state index is 0.0639. The van der Waals surface area contributed by atoms with E-state index in [0.29, 0.717) is 0 Å². The number of amides is 2. The molecule has 0 aromatic carbocycles. The summed E-state index contributed by atoms with van der Waals surface area (Å²) < 4.78 is 4.47. The van der Waals surface area contributed by atoms with Crippen molar-refractivity contribution < 1.29 is 24.2 Å². The van der Waals surface area contributed by atoms with Crippen LogP contribution in [0.5, 0.6) is 0 Å². The number of esters is 1. The molecule has 2 N–H and O–H groups in total. The Morgan fingerprint density at radius 3 is 2.32 bits per heavy atom. The summed E-state index contributed by atoms with van der Waals surface area (Å²) in [5.41, 5.74) is 0. The summed E-state index contributed by atoms with van der Waals surface area (Å²) in [7, 11) is 2.81. The van der Waals surface area contributed by atoms with Gasteiger partial charge in [-0.05, 0) is 5.92 Å². The maximum Gasteiger partial charge on any atom is 0.317 e. The molecular formula is C12H22N2O5. The van der Waals surface area contributed by atoms with Crippen molar-refractivity contribution in [3.63, 3.8) is 0 Å². The van der Waals surface area contributed by atoms with E-state index in [0.717, 1.165) is 0 Å². The highest BCUT2D eigenvalue weighted by atomic mass is 16.5. The predicted molar refractivity (Wildman–Crippen MR) is 68.6 cm³/mol. The molecule has 0 aromatic rings. The number of nitrogens with one attached hydrogen (secondary N) is 1. The van der Waals surface area contributed by atoms with Crippen LogP contribution in [0, 0.1) is 11.8 Å². The fourth-order valence-electron chi connectivity index (χ4n) is 1.40. The van der Waals surface area contributed by atoms with Crippen molar-refractivity contribution in [3.05, 3.63) is 0 Å². The zero-order valence-electron chi connectivity index (χ0n) is 11.8. The van der Waals surface area contributed by atoms with Gasteiger partial charge in [0.05, 0.1) is 19.4 Å². The van der Waals surface area contributed by atoms with Gasteiger partial charge in [-0.25, -0.2) is 4.79 Å². The molecule has 0 rings (SSSR count). The Hall–Kier alpha value is -1.79. The topological polar surface area (TPSA) is 95.9 Å². The molecule has 0 bridgehead atoms. The maximum absolute atomic E-state index is 11.7. The van der Waals surface area contributed by atoms with E-state index in [1.54, 1.807) is 13.8 Å². The number of nitrogens with zero attached hydrogens (tertiary/aromatic N) is 1. The van der Waals surface area contributed by atoms with E-state index in [-0.39, 0.29) is 25.4 Å². The molecule has 0 aliphatic carbocycles. The highest BCUT2D eigenvalue weighted by Gasteiger charge is 2.22. The Kier molecular flexibility index (Phi) is 7.55. The summed E-state index contributed by atoms with van der Waals surface area (Å²) in [4.78, 5) is 34.9. The zero-order valence-corrected chi connectivity index (χ0v) is 11.8. The van der Waals surface area contributed by atoms with Gasteiger partial charge in [0, 0.05) is 20.1 Å². The number of hydrogen-bond acceptors (Lipinski definition) is 4. The lowest BCUT2D eigenvalue weighted by Crippen LogP contribution is -2.42. The zero-order chi connectivity index (χ0) is 15.0. The third-order valence-corrected chi connectivity index (χ3v) is 2.82. The largest absolute Gasteiger partial charge is 0.481 e. The van der Waals surface area contributed by atoms with Gasteiger partial charge in [0.1, 0.15) is 0 Å². The lowest BCUT2D eigenvalue weighted by Gasteiger charge is -2.21. The van der Waals surface area contributed by atoms with Crippen LogP contribution in [0.1, 0.15) is 20.3 Å². The van der Waals surface area contributed by atoms with Crippen molar-refractivity contribution in [2.24, 2.45) is 11.8 Å². The average Bonchev–Trinajstić information content (AvgIpc) is 2.34. The maximum atomic E-state index is 11.7. The van der Waals surface area contributed by atoms with Gasteiger partial charge in [0.2, 0.25) is 0 Å². The molecular weight excluding hydrogens is 252 g/mol. The van der Waals surface area contributed by atoms with E-state index < -0.39 is 23.9 Å². The minimum atomic E-state index is -0.937. The van der Waals surface area contributed by atoms with Gasteiger partial charge in [-0.1, -0.05) is 13.8 Å². The van der Waals surface area contributed by atoms with E-state index >= 15 is 0 Å². The van der Waals surface area contributed by atoms with Crippen LogP contribution >= 0.6 is 0 Å². The van der Waals surface area contributed by atoms with Crippen molar-refractivity contribution in [2.75, 3.05) is 27.2 Å². The number of hydrogen-bond donors (Lipinski definition) is 2. The summed E-state index contributed by atoms with van der Waals surface area (Å²) in [5.74, 6) is -2.03. The number of carboxylic acids is 1. The first-order chi connectivity index (χ1) is 8.79. The Balaban J connectivity index is 4.15. The first-order valence-corrected chi connectivity index (χ1v) is 6.08. The molecule has 0 aliphatic rings. The smallest absolute Gasteiger partial charge is 0.317 e. The van der Waals surface area contributed by atoms with Crippen LogP contribution in [0.25, 0.3) is 0 Å². The molecule has 7 nitrogen and oxygen atoms in total. The van der Waals surface area contributed by atoms with Crippen LogP contribution in [-0.4, -0.2) is 55.2 Å². The van der Waals surface area contributed by atoms with Gasteiger partial charge >= 0.3 is 18.0 Å². The Bertz CT molecular complexity index is 330. The van der Waals surface area contributed by atoms with Crippen LogP contribution in [0.15, 0.2) is 0 Å². The van der Waals surface area contributed by atoms with Gasteiger partial charge in [-0.2, -0.15) is 0 Å². The molecule has 19 heavy (non-hydrogen) atoms. The number of rotatable bonds is 7. The number of methoxy groups -OCH3 is 1. The molecule has 1 unspecified atom stereocenters. The number of carbonyl (C=O) groups excluding carboxylic acids is 2. The van der Waals surface area contributed by atoms with Crippen molar-refractivity contribution in [3.8, 4) is 0 Å².